The highest BCUT2D eigenvalue weighted by Crippen LogP contribution is 2.35. The number of anilines is 1. The van der Waals surface area contributed by atoms with Gasteiger partial charge < -0.3 is 15.0 Å². The van der Waals surface area contributed by atoms with Crippen molar-refractivity contribution in [3.8, 4) is 5.75 Å². The SMILES string of the molecule is COc1ccc(Cl)c(N2CCCNC3(CCCCC3)C2)c1. The maximum atomic E-state index is 6.45. The van der Waals surface area contributed by atoms with Gasteiger partial charge in [0.25, 0.3) is 0 Å². The molecule has 1 N–H and O–H groups in total. The Hall–Kier alpha value is -0.930. The second-order valence-electron chi connectivity index (χ2n) is 6.36. The molecule has 0 radical (unpaired) electrons. The summed E-state index contributed by atoms with van der Waals surface area (Å²) in [5, 5.41) is 4.65. The predicted molar refractivity (Wildman–Crippen MR) is 88.7 cm³/mol. The molecule has 0 aromatic heterocycles. The van der Waals surface area contributed by atoms with Crippen molar-refractivity contribution < 1.29 is 4.74 Å². The molecule has 1 saturated carbocycles. The van der Waals surface area contributed by atoms with Crippen molar-refractivity contribution in [2.24, 2.45) is 0 Å². The first-order valence-corrected chi connectivity index (χ1v) is 8.44. The Kier molecular flexibility index (Phi) is 4.60. The van der Waals surface area contributed by atoms with Crippen LogP contribution in [0.3, 0.4) is 0 Å². The van der Waals surface area contributed by atoms with Crippen molar-refractivity contribution >= 4 is 17.3 Å². The molecule has 1 aromatic carbocycles. The summed E-state index contributed by atoms with van der Waals surface area (Å²) in [5.74, 6) is 0.879. The summed E-state index contributed by atoms with van der Waals surface area (Å²) >= 11 is 6.45. The fourth-order valence-corrected chi connectivity index (χ4v) is 3.99. The molecule has 2 aliphatic rings. The van der Waals surface area contributed by atoms with Gasteiger partial charge in [-0.2, -0.15) is 0 Å². The summed E-state index contributed by atoms with van der Waals surface area (Å²) in [6.07, 6.45) is 7.79. The standard InChI is InChI=1S/C17H25ClN2O/c1-21-14-6-7-15(18)16(12-14)20-11-5-10-19-17(13-20)8-3-2-4-9-17/h6-7,12,19H,2-5,8-11,13H2,1H3. The van der Waals surface area contributed by atoms with E-state index in [1.165, 1.54) is 32.1 Å². The van der Waals surface area contributed by atoms with E-state index >= 15 is 0 Å². The van der Waals surface area contributed by atoms with Crippen molar-refractivity contribution in [3.05, 3.63) is 23.2 Å². The summed E-state index contributed by atoms with van der Waals surface area (Å²) in [6.45, 7) is 3.22. The Morgan fingerprint density at radius 3 is 2.76 bits per heavy atom. The zero-order valence-electron chi connectivity index (χ0n) is 12.8. The van der Waals surface area contributed by atoms with Gasteiger partial charge in [-0.25, -0.2) is 0 Å². The molecule has 1 aliphatic heterocycles. The Balaban J connectivity index is 1.86. The molecule has 2 fully saturated rings. The third-order valence-electron chi connectivity index (χ3n) is 4.90. The lowest BCUT2D eigenvalue weighted by Crippen LogP contribution is -2.52. The van der Waals surface area contributed by atoms with Gasteiger partial charge in [0.1, 0.15) is 5.75 Å². The van der Waals surface area contributed by atoms with Crippen molar-refractivity contribution in [3.63, 3.8) is 0 Å². The van der Waals surface area contributed by atoms with Crippen LogP contribution in [0.4, 0.5) is 5.69 Å². The Bertz CT molecular complexity index is 486. The molecule has 21 heavy (non-hydrogen) atoms. The first-order chi connectivity index (χ1) is 10.2. The molecule has 4 heteroatoms. The van der Waals surface area contributed by atoms with Gasteiger partial charge in [0.05, 0.1) is 17.8 Å². The maximum absolute atomic E-state index is 6.45. The maximum Gasteiger partial charge on any atom is 0.121 e. The van der Waals surface area contributed by atoms with E-state index < -0.39 is 0 Å². The van der Waals surface area contributed by atoms with Crippen molar-refractivity contribution in [1.29, 1.82) is 0 Å². The van der Waals surface area contributed by atoms with E-state index in [9.17, 15) is 0 Å². The number of methoxy groups -OCH3 is 1. The summed E-state index contributed by atoms with van der Waals surface area (Å²) in [5.41, 5.74) is 1.39. The highest BCUT2D eigenvalue weighted by molar-refractivity contribution is 6.33. The average Bonchev–Trinajstić information content (AvgIpc) is 2.71. The number of halogens is 1. The van der Waals surface area contributed by atoms with Crippen LogP contribution >= 0.6 is 11.6 Å². The van der Waals surface area contributed by atoms with E-state index in [0.717, 1.165) is 42.5 Å². The zero-order valence-corrected chi connectivity index (χ0v) is 13.6. The van der Waals surface area contributed by atoms with E-state index in [1.807, 2.05) is 12.1 Å². The normalized spacial score (nSPS) is 22.1. The Morgan fingerprint density at radius 1 is 1.19 bits per heavy atom. The topological polar surface area (TPSA) is 24.5 Å². The Labute approximate surface area is 132 Å². The van der Waals surface area contributed by atoms with Gasteiger partial charge >= 0.3 is 0 Å². The minimum Gasteiger partial charge on any atom is -0.497 e. The van der Waals surface area contributed by atoms with Crippen LogP contribution < -0.4 is 15.0 Å². The summed E-state index contributed by atoms with van der Waals surface area (Å²) in [7, 11) is 1.71. The van der Waals surface area contributed by atoms with Crippen LogP contribution in [0.2, 0.25) is 5.02 Å². The Morgan fingerprint density at radius 2 is 2.00 bits per heavy atom. The van der Waals surface area contributed by atoms with Crippen LogP contribution in [0.15, 0.2) is 18.2 Å². The van der Waals surface area contributed by atoms with E-state index in [1.54, 1.807) is 7.11 Å². The van der Waals surface area contributed by atoms with Crippen LogP contribution in [0, 0.1) is 0 Å². The molecule has 0 amide bonds. The second kappa shape index (κ2) is 6.45. The molecular formula is C17H25ClN2O. The largest absolute Gasteiger partial charge is 0.497 e. The van der Waals surface area contributed by atoms with Crippen molar-refractivity contribution in [2.75, 3.05) is 31.6 Å². The van der Waals surface area contributed by atoms with Gasteiger partial charge in [0, 0.05) is 24.7 Å². The molecule has 0 unspecified atom stereocenters. The summed E-state index contributed by atoms with van der Waals surface area (Å²) < 4.78 is 5.37. The molecule has 0 atom stereocenters. The van der Waals surface area contributed by atoms with Crippen LogP contribution in [0.5, 0.6) is 5.75 Å². The minimum atomic E-state index is 0.279. The van der Waals surface area contributed by atoms with Crippen LogP contribution in [0.25, 0.3) is 0 Å². The fraction of sp³-hybridized carbons (Fsp3) is 0.647. The lowest BCUT2D eigenvalue weighted by Gasteiger charge is -2.40. The molecule has 1 heterocycles. The molecule has 3 nitrogen and oxygen atoms in total. The number of nitrogens with one attached hydrogen (secondary N) is 1. The third kappa shape index (κ3) is 3.29. The lowest BCUT2D eigenvalue weighted by atomic mass is 9.81. The summed E-state index contributed by atoms with van der Waals surface area (Å²) in [6, 6.07) is 5.95. The number of hydrogen-bond donors (Lipinski definition) is 1. The summed E-state index contributed by atoms with van der Waals surface area (Å²) in [4.78, 5) is 2.45. The second-order valence-corrected chi connectivity index (χ2v) is 6.77. The number of hydrogen-bond acceptors (Lipinski definition) is 3. The van der Waals surface area contributed by atoms with E-state index in [2.05, 4.69) is 16.3 Å². The first kappa shape index (κ1) is 15.0. The van der Waals surface area contributed by atoms with Gasteiger partial charge in [-0.05, 0) is 37.9 Å². The molecule has 1 spiro atoms. The number of rotatable bonds is 2. The van der Waals surface area contributed by atoms with E-state index in [4.69, 9.17) is 16.3 Å². The number of ether oxygens (including phenoxy) is 1. The average molecular weight is 309 g/mol. The van der Waals surface area contributed by atoms with E-state index in [0.29, 0.717) is 0 Å². The molecule has 3 rings (SSSR count). The van der Waals surface area contributed by atoms with Crippen LogP contribution in [-0.4, -0.2) is 32.3 Å². The van der Waals surface area contributed by atoms with Crippen LogP contribution in [0.1, 0.15) is 38.5 Å². The van der Waals surface area contributed by atoms with Gasteiger partial charge in [-0.15, -0.1) is 0 Å². The molecule has 1 saturated heterocycles. The predicted octanol–water partition coefficient (Wildman–Crippen LogP) is 3.85. The number of nitrogens with zero attached hydrogens (tertiary/aromatic N) is 1. The van der Waals surface area contributed by atoms with Crippen molar-refractivity contribution in [2.45, 2.75) is 44.1 Å². The fourth-order valence-electron chi connectivity index (χ4n) is 3.75. The highest BCUT2D eigenvalue weighted by Gasteiger charge is 2.35. The molecule has 0 bridgehead atoms. The number of benzene rings is 1. The van der Waals surface area contributed by atoms with Crippen LogP contribution in [-0.2, 0) is 0 Å². The lowest BCUT2D eigenvalue weighted by molar-refractivity contribution is 0.246. The van der Waals surface area contributed by atoms with E-state index in [-0.39, 0.29) is 5.54 Å². The molecule has 116 valence electrons. The molecule has 1 aliphatic carbocycles. The zero-order chi connectivity index (χ0) is 14.7. The smallest absolute Gasteiger partial charge is 0.121 e. The molecular weight excluding hydrogens is 284 g/mol. The third-order valence-corrected chi connectivity index (χ3v) is 5.22. The minimum absolute atomic E-state index is 0.279. The highest BCUT2D eigenvalue weighted by atomic mass is 35.5. The van der Waals surface area contributed by atoms with Gasteiger partial charge in [-0.1, -0.05) is 30.9 Å². The quantitative estimate of drug-likeness (QED) is 0.898. The van der Waals surface area contributed by atoms with Gasteiger partial charge in [0.2, 0.25) is 0 Å². The van der Waals surface area contributed by atoms with Crippen molar-refractivity contribution in [1.82, 2.24) is 5.32 Å². The van der Waals surface area contributed by atoms with Gasteiger partial charge in [0.15, 0.2) is 0 Å². The van der Waals surface area contributed by atoms with Gasteiger partial charge in [-0.3, -0.25) is 0 Å². The molecule has 1 aromatic rings. The first-order valence-electron chi connectivity index (χ1n) is 8.06. The monoisotopic (exact) mass is 308 g/mol.